The van der Waals surface area contributed by atoms with E-state index in [0.717, 1.165) is 0 Å². The Kier molecular flexibility index (Phi) is 5.47. The molecule has 8 heavy (non-hydrogen) atoms. The number of rotatable bonds is 4. The van der Waals surface area contributed by atoms with Crippen LogP contribution in [0.3, 0.4) is 0 Å². The molecule has 2 N–H and O–H groups in total. The van der Waals surface area contributed by atoms with Gasteiger partial charge >= 0.3 is 15.4 Å². The quantitative estimate of drug-likeness (QED) is 0.344. The maximum atomic E-state index is 10.1. The highest BCUT2D eigenvalue weighted by molar-refractivity contribution is 7.35. The van der Waals surface area contributed by atoms with Gasteiger partial charge < -0.3 is 18.9 Å². The third-order valence-electron chi connectivity index (χ3n) is 0.365. The second-order valence-electron chi connectivity index (χ2n) is 0.797. The molecule has 46 valence electrons. The van der Waals surface area contributed by atoms with Gasteiger partial charge in [0, 0.05) is 0 Å². The van der Waals surface area contributed by atoms with Crippen molar-refractivity contribution in [3.05, 3.63) is 0 Å². The Balaban J connectivity index is 3.06. The van der Waals surface area contributed by atoms with E-state index in [-0.39, 0.29) is 0 Å². The summed E-state index contributed by atoms with van der Waals surface area (Å²) < 4.78 is 18.1. The third kappa shape index (κ3) is 4.36. The molecule has 0 rings (SSSR count). The second-order valence-corrected chi connectivity index (χ2v) is 1.87. The smallest absolute Gasteiger partial charge is 0.430 e. The minimum atomic E-state index is -2.64. The lowest BCUT2D eigenvalue weighted by molar-refractivity contribution is 0.372. The highest BCUT2D eigenvalue weighted by atomic mass is 31.1. The Morgan fingerprint density at radius 3 is 1.88 bits per heavy atom. The van der Waals surface area contributed by atoms with Gasteiger partial charge in [0.2, 0.25) is 0 Å². The first-order valence-electron chi connectivity index (χ1n) is 1.82. The average Bonchev–Trinajstić information content (AvgIpc) is 1.68. The van der Waals surface area contributed by atoms with Gasteiger partial charge in [0.1, 0.15) is 0 Å². The van der Waals surface area contributed by atoms with Crippen LogP contribution in [-0.2, 0) is 13.4 Å². The van der Waals surface area contributed by atoms with Crippen molar-refractivity contribution in [2.45, 2.75) is 0 Å². The van der Waals surface area contributed by atoms with E-state index in [9.17, 15) is 4.57 Å². The van der Waals surface area contributed by atoms with E-state index in [1.807, 2.05) is 0 Å². The fourth-order valence-corrected chi connectivity index (χ4v) is 0.441. The molecular weight excluding hydrogens is 133 g/mol. The summed E-state index contributed by atoms with van der Waals surface area (Å²) in [4.78, 5) is 0. The van der Waals surface area contributed by atoms with Crippen molar-refractivity contribution in [1.82, 2.24) is 0 Å². The molecule has 0 aromatic carbocycles. The fraction of sp³-hybridized carbons (Fsp3) is 0. The van der Waals surface area contributed by atoms with Crippen LogP contribution < -0.4 is 0 Å². The molecule has 0 aromatic rings. The van der Waals surface area contributed by atoms with E-state index in [0.29, 0.717) is 0 Å². The summed E-state index contributed by atoms with van der Waals surface area (Å²) >= 11 is 0. The second kappa shape index (κ2) is 5.34. The van der Waals surface area contributed by atoms with Gasteiger partial charge in [-0.3, -0.25) is 4.57 Å². The van der Waals surface area contributed by atoms with E-state index in [4.69, 9.17) is 10.0 Å². The maximum absolute atomic E-state index is 10.1. The molecule has 0 bridgehead atoms. The Labute approximate surface area is 48.2 Å². The average molecular weight is 138 g/mol. The van der Waals surface area contributed by atoms with Crippen LogP contribution in [-0.4, -0.2) is 25.4 Å². The van der Waals surface area contributed by atoms with E-state index < -0.39 is 23.6 Å². The first kappa shape index (κ1) is 8.20. The largest absolute Gasteiger partial charge is 0.442 e. The molecular formula is H5B2O5P. The molecule has 0 spiro atoms. The highest BCUT2D eigenvalue weighted by Crippen LogP contribution is 2.19. The zero-order valence-electron chi connectivity index (χ0n) is 4.03. The van der Waals surface area contributed by atoms with Crippen LogP contribution in [0.5, 0.6) is 0 Å². The van der Waals surface area contributed by atoms with Crippen LogP contribution in [0.15, 0.2) is 0 Å². The summed E-state index contributed by atoms with van der Waals surface area (Å²) in [7, 11) is -3.95. The van der Waals surface area contributed by atoms with Crippen molar-refractivity contribution in [3.63, 3.8) is 0 Å². The number of hydrogen-bond donors (Lipinski definition) is 2. The van der Waals surface area contributed by atoms with E-state index in [1.54, 1.807) is 0 Å². The van der Waals surface area contributed by atoms with Crippen LogP contribution in [0.25, 0.3) is 0 Å². The predicted molar refractivity (Wildman–Crippen MR) is 29.9 cm³/mol. The van der Waals surface area contributed by atoms with Crippen LogP contribution >= 0.6 is 8.25 Å². The van der Waals surface area contributed by atoms with E-state index in [2.05, 4.69) is 8.88 Å². The fourth-order valence-electron chi connectivity index (χ4n) is 0.147. The molecule has 0 atom stereocenters. The van der Waals surface area contributed by atoms with E-state index in [1.165, 1.54) is 0 Å². The van der Waals surface area contributed by atoms with Gasteiger partial charge in [-0.05, 0) is 0 Å². The van der Waals surface area contributed by atoms with Crippen LogP contribution in [0, 0.1) is 0 Å². The SMILES string of the molecule is O=[PH](OBO)OBO. The zero-order valence-corrected chi connectivity index (χ0v) is 5.03. The summed E-state index contributed by atoms with van der Waals surface area (Å²) in [6, 6.07) is 0. The topological polar surface area (TPSA) is 76.0 Å². The predicted octanol–water partition coefficient (Wildman–Crippen LogP) is -2.07. The lowest BCUT2D eigenvalue weighted by atomic mass is 10.4. The molecule has 0 saturated heterocycles. The molecule has 0 fully saturated rings. The van der Waals surface area contributed by atoms with Crippen molar-refractivity contribution in [2.75, 3.05) is 0 Å². The molecule has 5 nitrogen and oxygen atoms in total. The minimum Gasteiger partial charge on any atom is -0.430 e. The molecule has 0 saturated carbocycles. The molecule has 0 heterocycles. The van der Waals surface area contributed by atoms with Gasteiger partial charge in [-0.15, -0.1) is 0 Å². The standard InChI is InChI=1S/B2H5O5P/c3-1-6-8(5)7-2-4/h1-4,8H. The zero-order chi connectivity index (χ0) is 6.41. The molecule has 0 radical (unpaired) electrons. The lowest BCUT2D eigenvalue weighted by Gasteiger charge is -1.95. The summed E-state index contributed by atoms with van der Waals surface area (Å²) in [5.74, 6) is 0. The molecule has 0 aliphatic carbocycles. The van der Waals surface area contributed by atoms with E-state index >= 15 is 0 Å². The number of hydrogen-bond acceptors (Lipinski definition) is 5. The Morgan fingerprint density at radius 2 is 1.62 bits per heavy atom. The minimum absolute atomic E-state index is 0.655. The first-order chi connectivity index (χ1) is 3.81. The summed E-state index contributed by atoms with van der Waals surface area (Å²) in [6.45, 7) is 0. The van der Waals surface area contributed by atoms with Gasteiger partial charge in [-0.1, -0.05) is 0 Å². The van der Waals surface area contributed by atoms with Gasteiger partial charge in [0.05, 0.1) is 0 Å². The van der Waals surface area contributed by atoms with Crippen molar-refractivity contribution in [3.8, 4) is 0 Å². The molecule has 0 unspecified atom stereocenters. The first-order valence-corrected chi connectivity index (χ1v) is 3.05. The summed E-state index contributed by atoms with van der Waals surface area (Å²) in [5.41, 5.74) is 0. The summed E-state index contributed by atoms with van der Waals surface area (Å²) in [6.07, 6.45) is 0. The molecule has 0 aliphatic rings. The summed E-state index contributed by atoms with van der Waals surface area (Å²) in [5, 5.41) is 15.8. The van der Waals surface area contributed by atoms with Crippen molar-refractivity contribution in [1.29, 1.82) is 0 Å². The maximum Gasteiger partial charge on any atom is 0.442 e. The Hall–Kier alpha value is 0.200. The van der Waals surface area contributed by atoms with Crippen molar-refractivity contribution >= 4 is 23.6 Å². The van der Waals surface area contributed by atoms with Crippen LogP contribution in [0.1, 0.15) is 0 Å². The van der Waals surface area contributed by atoms with Crippen LogP contribution in [0.2, 0.25) is 0 Å². The lowest BCUT2D eigenvalue weighted by Crippen LogP contribution is -1.93. The molecule has 8 heteroatoms. The molecule has 0 aromatic heterocycles. The Bertz CT molecular complexity index is 64.8. The molecule has 0 amide bonds. The van der Waals surface area contributed by atoms with Crippen molar-refractivity contribution < 1.29 is 23.5 Å². The van der Waals surface area contributed by atoms with Gasteiger partial charge in [0.15, 0.2) is 0 Å². The van der Waals surface area contributed by atoms with Gasteiger partial charge in [-0.2, -0.15) is 0 Å². The molecule has 0 aliphatic heterocycles. The van der Waals surface area contributed by atoms with Crippen LogP contribution in [0.4, 0.5) is 0 Å². The van der Waals surface area contributed by atoms with Gasteiger partial charge in [-0.25, -0.2) is 0 Å². The third-order valence-corrected chi connectivity index (χ3v) is 1.09. The highest BCUT2D eigenvalue weighted by Gasteiger charge is 1.96. The van der Waals surface area contributed by atoms with Gasteiger partial charge in [0.25, 0.3) is 8.25 Å². The monoisotopic (exact) mass is 138 g/mol. The van der Waals surface area contributed by atoms with Crippen molar-refractivity contribution in [2.24, 2.45) is 0 Å². The normalized spacial score (nSPS) is 9.38. The Morgan fingerprint density at radius 1 is 1.25 bits per heavy atom.